The van der Waals surface area contributed by atoms with E-state index in [0.717, 1.165) is 0 Å². The van der Waals surface area contributed by atoms with Gasteiger partial charge in [-0.25, -0.2) is 10.9 Å². The molecule has 1 amide bonds. The summed E-state index contributed by atoms with van der Waals surface area (Å²) in [7, 11) is 0. The predicted molar refractivity (Wildman–Crippen MR) is 69.1 cm³/mol. The Labute approximate surface area is 110 Å². The number of rotatable bonds is 3. The van der Waals surface area contributed by atoms with Gasteiger partial charge in [0.25, 0.3) is 5.56 Å². The summed E-state index contributed by atoms with van der Waals surface area (Å²) < 4.78 is 1.51. The lowest BCUT2D eigenvalue weighted by molar-refractivity contribution is -0.117. The van der Waals surface area contributed by atoms with Crippen molar-refractivity contribution in [3.63, 3.8) is 0 Å². The number of pyridine rings is 1. The molecule has 3 N–H and O–H groups in total. The molecule has 7 heteroatoms. The first-order valence-corrected chi connectivity index (χ1v) is 6.06. The second-order valence-electron chi connectivity index (χ2n) is 4.29. The van der Waals surface area contributed by atoms with E-state index in [2.05, 4.69) is 16.2 Å². The van der Waals surface area contributed by atoms with Crippen molar-refractivity contribution in [1.82, 2.24) is 15.4 Å². The second kappa shape index (κ2) is 5.65. The molecule has 2 rings (SSSR count). The van der Waals surface area contributed by atoms with Gasteiger partial charge in [-0.2, -0.15) is 5.26 Å². The number of aryl methyl sites for hydroxylation is 1. The van der Waals surface area contributed by atoms with Crippen molar-refractivity contribution in [3.8, 4) is 6.07 Å². The molecule has 2 atom stereocenters. The van der Waals surface area contributed by atoms with Crippen LogP contribution in [0, 0.1) is 11.3 Å². The molecule has 0 radical (unpaired) electrons. The summed E-state index contributed by atoms with van der Waals surface area (Å²) in [5, 5.41) is 11.5. The van der Waals surface area contributed by atoms with Crippen LogP contribution in [-0.4, -0.2) is 22.6 Å². The fraction of sp³-hybridized carbons (Fsp3) is 0.417. The Bertz CT molecular complexity index is 574. The number of aromatic nitrogens is 1. The van der Waals surface area contributed by atoms with Gasteiger partial charge in [0, 0.05) is 25.2 Å². The van der Waals surface area contributed by atoms with Crippen LogP contribution in [0.3, 0.4) is 0 Å². The Balaban J connectivity index is 2.04. The number of hydrogen-bond donors (Lipinski definition) is 3. The van der Waals surface area contributed by atoms with E-state index in [1.165, 1.54) is 10.6 Å². The molecule has 1 fully saturated rings. The highest BCUT2D eigenvalue weighted by molar-refractivity contribution is 5.94. The lowest BCUT2D eigenvalue weighted by Crippen LogP contribution is -2.40. The fourth-order valence-electron chi connectivity index (χ4n) is 1.89. The molecule has 0 aliphatic carbocycles. The number of nitrogens with one attached hydrogen (secondary N) is 3. The SMILES string of the molecule is CCn1cc(NC(=O)C2CC(C#N)NN2)ccc1=O. The normalized spacial score (nSPS) is 21.9. The predicted octanol–water partition coefficient (Wildman–Crippen LogP) is -0.435. The molecule has 7 nitrogen and oxygen atoms in total. The molecule has 0 bridgehead atoms. The van der Waals surface area contributed by atoms with Crippen LogP contribution < -0.4 is 21.7 Å². The van der Waals surface area contributed by atoms with Gasteiger partial charge < -0.3 is 9.88 Å². The zero-order valence-electron chi connectivity index (χ0n) is 10.5. The summed E-state index contributed by atoms with van der Waals surface area (Å²) in [6.45, 7) is 2.40. The molecular weight excluding hydrogens is 246 g/mol. The Kier molecular flexibility index (Phi) is 3.94. The van der Waals surface area contributed by atoms with Crippen molar-refractivity contribution in [2.75, 3.05) is 5.32 Å². The molecule has 0 spiro atoms. The molecule has 0 aromatic carbocycles. The van der Waals surface area contributed by atoms with Gasteiger partial charge in [-0.15, -0.1) is 0 Å². The highest BCUT2D eigenvalue weighted by atomic mass is 16.2. The number of nitrogens with zero attached hydrogens (tertiary/aromatic N) is 2. The van der Waals surface area contributed by atoms with Crippen molar-refractivity contribution in [3.05, 3.63) is 28.7 Å². The Morgan fingerprint density at radius 1 is 1.58 bits per heavy atom. The first-order chi connectivity index (χ1) is 9.13. The van der Waals surface area contributed by atoms with Crippen LogP contribution in [0.2, 0.25) is 0 Å². The third kappa shape index (κ3) is 2.99. The first kappa shape index (κ1) is 13.3. The lowest BCUT2D eigenvalue weighted by Gasteiger charge is -2.11. The Morgan fingerprint density at radius 2 is 2.37 bits per heavy atom. The topological polar surface area (TPSA) is 98.9 Å². The van der Waals surface area contributed by atoms with Crippen LogP contribution in [-0.2, 0) is 11.3 Å². The van der Waals surface area contributed by atoms with E-state index < -0.39 is 6.04 Å². The number of anilines is 1. The average molecular weight is 261 g/mol. The van der Waals surface area contributed by atoms with Crippen molar-refractivity contribution in [2.45, 2.75) is 32.0 Å². The third-order valence-corrected chi connectivity index (χ3v) is 2.97. The van der Waals surface area contributed by atoms with E-state index in [1.54, 1.807) is 12.3 Å². The van der Waals surface area contributed by atoms with Crippen molar-refractivity contribution in [1.29, 1.82) is 5.26 Å². The molecule has 0 saturated carbocycles. The minimum atomic E-state index is -0.452. The van der Waals surface area contributed by atoms with Gasteiger partial charge in [-0.05, 0) is 13.0 Å². The summed E-state index contributed by atoms with van der Waals surface area (Å²) in [6, 6.07) is 4.21. The maximum atomic E-state index is 12.0. The van der Waals surface area contributed by atoms with Crippen LogP contribution >= 0.6 is 0 Å². The van der Waals surface area contributed by atoms with Crippen LogP contribution in [0.15, 0.2) is 23.1 Å². The van der Waals surface area contributed by atoms with Gasteiger partial charge in [0.2, 0.25) is 5.91 Å². The molecule has 1 aromatic heterocycles. The largest absolute Gasteiger partial charge is 0.323 e. The summed E-state index contributed by atoms with van der Waals surface area (Å²) in [5.41, 5.74) is 5.95. The van der Waals surface area contributed by atoms with E-state index in [-0.39, 0.29) is 17.5 Å². The van der Waals surface area contributed by atoms with Gasteiger partial charge in [0.05, 0.1) is 11.8 Å². The highest BCUT2D eigenvalue weighted by Gasteiger charge is 2.29. The molecule has 2 unspecified atom stereocenters. The maximum absolute atomic E-state index is 12.0. The molecule has 100 valence electrons. The average Bonchev–Trinajstić information content (AvgIpc) is 2.90. The van der Waals surface area contributed by atoms with E-state index in [1.807, 2.05) is 13.0 Å². The van der Waals surface area contributed by atoms with Crippen molar-refractivity contribution < 1.29 is 4.79 Å². The summed E-state index contributed by atoms with van der Waals surface area (Å²) in [5.74, 6) is -0.230. The quantitative estimate of drug-likeness (QED) is 0.685. The number of amides is 1. The van der Waals surface area contributed by atoms with Gasteiger partial charge in [-0.3, -0.25) is 9.59 Å². The Hall–Kier alpha value is -2.17. The molecule has 2 heterocycles. The summed E-state index contributed by atoms with van der Waals surface area (Å²) in [6.07, 6.45) is 2.01. The number of nitriles is 1. The number of carbonyl (C=O) groups excluding carboxylic acids is 1. The van der Waals surface area contributed by atoms with Crippen molar-refractivity contribution in [2.24, 2.45) is 0 Å². The van der Waals surface area contributed by atoms with E-state index >= 15 is 0 Å². The Morgan fingerprint density at radius 3 is 3.00 bits per heavy atom. The minimum absolute atomic E-state index is 0.106. The van der Waals surface area contributed by atoms with Gasteiger partial charge >= 0.3 is 0 Å². The van der Waals surface area contributed by atoms with Crippen LogP contribution in [0.25, 0.3) is 0 Å². The molecule has 1 aromatic rings. The maximum Gasteiger partial charge on any atom is 0.250 e. The monoisotopic (exact) mass is 261 g/mol. The molecular formula is C12H15N5O2. The highest BCUT2D eigenvalue weighted by Crippen LogP contribution is 2.09. The van der Waals surface area contributed by atoms with Crippen LogP contribution in [0.1, 0.15) is 13.3 Å². The van der Waals surface area contributed by atoms with E-state index in [4.69, 9.17) is 5.26 Å². The summed E-state index contributed by atoms with van der Waals surface area (Å²) >= 11 is 0. The van der Waals surface area contributed by atoms with Crippen molar-refractivity contribution >= 4 is 11.6 Å². The van der Waals surface area contributed by atoms with E-state index in [9.17, 15) is 9.59 Å². The van der Waals surface area contributed by atoms with Gasteiger partial charge in [-0.1, -0.05) is 0 Å². The van der Waals surface area contributed by atoms with Gasteiger partial charge in [0.1, 0.15) is 12.1 Å². The van der Waals surface area contributed by atoms with Crippen LogP contribution in [0.4, 0.5) is 5.69 Å². The molecule has 1 aliphatic heterocycles. The standard InChI is InChI=1S/C12H15N5O2/c1-2-17-7-8(3-4-11(17)18)14-12(19)10-5-9(6-13)15-16-10/h3-4,7,9-10,15-16H,2,5H2,1H3,(H,14,19). The molecule has 1 aliphatic rings. The first-order valence-electron chi connectivity index (χ1n) is 6.06. The molecule has 1 saturated heterocycles. The lowest BCUT2D eigenvalue weighted by atomic mass is 10.1. The molecule has 19 heavy (non-hydrogen) atoms. The zero-order valence-corrected chi connectivity index (χ0v) is 10.5. The number of hydrazine groups is 1. The number of carbonyl (C=O) groups is 1. The van der Waals surface area contributed by atoms with Crippen LogP contribution in [0.5, 0.6) is 0 Å². The van der Waals surface area contributed by atoms with E-state index in [0.29, 0.717) is 18.7 Å². The second-order valence-corrected chi connectivity index (χ2v) is 4.29. The third-order valence-electron chi connectivity index (χ3n) is 2.97. The summed E-state index contributed by atoms with van der Waals surface area (Å²) in [4.78, 5) is 23.4. The smallest absolute Gasteiger partial charge is 0.250 e. The number of hydrogen-bond acceptors (Lipinski definition) is 5. The zero-order chi connectivity index (χ0) is 13.8. The minimum Gasteiger partial charge on any atom is -0.323 e. The van der Waals surface area contributed by atoms with Gasteiger partial charge in [0.15, 0.2) is 0 Å². The fourth-order valence-corrected chi connectivity index (χ4v) is 1.89.